The number of benzene rings is 3. The van der Waals surface area contributed by atoms with Crippen LogP contribution in [-0.2, 0) is 38.6 Å². The molecule has 0 bridgehead atoms. The van der Waals surface area contributed by atoms with Gasteiger partial charge >= 0.3 is 5.97 Å². The lowest BCUT2D eigenvalue weighted by Crippen LogP contribution is -2.35. The molecule has 446 valence electrons. The fourth-order valence-electron chi connectivity index (χ4n) is 13.7. The van der Waals surface area contributed by atoms with Gasteiger partial charge < -0.3 is 14.2 Å². The minimum atomic E-state index is -0.288. The monoisotopic (exact) mass is 1090 g/mol. The number of rotatable bonds is 40. The molecular weight excluding hydrogens is 965 g/mol. The summed E-state index contributed by atoms with van der Waals surface area (Å²) in [5, 5.41) is 0. The fraction of sp³-hybridized carbons (Fsp3) is 0.747. The van der Waals surface area contributed by atoms with Gasteiger partial charge in [0.1, 0.15) is 11.5 Å². The third-order valence-electron chi connectivity index (χ3n) is 18.2. The van der Waals surface area contributed by atoms with Crippen LogP contribution in [-0.4, -0.2) is 25.3 Å². The molecule has 0 spiro atoms. The molecule has 2 saturated carbocycles. The van der Waals surface area contributed by atoms with Crippen molar-refractivity contribution in [3.05, 3.63) is 93.5 Å². The van der Waals surface area contributed by atoms with E-state index in [0.717, 1.165) is 25.0 Å². The summed E-state index contributed by atoms with van der Waals surface area (Å²) in [6, 6.07) is 19.9. The molecule has 0 aromatic heterocycles. The largest absolute Gasteiger partial charge is 0.493 e. The van der Waals surface area contributed by atoms with Crippen LogP contribution in [0.25, 0.3) is 0 Å². The maximum Gasteiger partial charge on any atom is 0.309 e. The normalized spacial score (nSPS) is 14.9. The topological polar surface area (TPSA) is 44.8 Å². The van der Waals surface area contributed by atoms with E-state index in [9.17, 15) is 4.79 Å². The lowest BCUT2D eigenvalue weighted by Gasteiger charge is -2.44. The second-order valence-electron chi connectivity index (χ2n) is 27.7. The van der Waals surface area contributed by atoms with E-state index in [1.54, 1.807) is 16.7 Å². The second-order valence-corrected chi connectivity index (χ2v) is 27.7. The number of hydrogen-bond donors (Lipinski definition) is 0. The fourth-order valence-corrected chi connectivity index (χ4v) is 13.7. The molecule has 0 N–H and O–H groups in total. The van der Waals surface area contributed by atoms with Crippen LogP contribution >= 0.6 is 0 Å². The average molecular weight is 1090 g/mol. The maximum absolute atomic E-state index is 12.8. The lowest BCUT2D eigenvalue weighted by atomic mass is 9.61. The van der Waals surface area contributed by atoms with Crippen molar-refractivity contribution >= 4 is 5.97 Å². The summed E-state index contributed by atoms with van der Waals surface area (Å²) in [5.41, 5.74) is 10.1. The Hall–Kier alpha value is -3.27. The Morgan fingerprint density at radius 2 is 0.924 bits per heavy atom. The summed E-state index contributed by atoms with van der Waals surface area (Å²) >= 11 is 0. The maximum atomic E-state index is 12.8. The first-order valence-corrected chi connectivity index (χ1v) is 34.1. The van der Waals surface area contributed by atoms with Gasteiger partial charge in [0.15, 0.2) is 0 Å². The van der Waals surface area contributed by atoms with Gasteiger partial charge in [0.05, 0.1) is 25.7 Å². The van der Waals surface area contributed by atoms with Gasteiger partial charge in [-0.1, -0.05) is 285 Å². The van der Waals surface area contributed by atoms with E-state index in [2.05, 4.69) is 117 Å². The van der Waals surface area contributed by atoms with Crippen molar-refractivity contribution in [2.45, 2.75) is 347 Å². The van der Waals surface area contributed by atoms with Gasteiger partial charge in [0.25, 0.3) is 0 Å². The van der Waals surface area contributed by atoms with Crippen LogP contribution < -0.4 is 9.47 Å². The van der Waals surface area contributed by atoms with Crippen molar-refractivity contribution in [2.75, 3.05) is 13.2 Å². The van der Waals surface area contributed by atoms with Crippen LogP contribution in [0.1, 0.15) is 351 Å². The van der Waals surface area contributed by atoms with Crippen molar-refractivity contribution in [1.82, 2.24) is 0 Å². The number of aryl methyl sites for hydroxylation is 1. The highest BCUT2D eigenvalue weighted by molar-refractivity contribution is 5.69. The number of ether oxygens (including phenoxy) is 3. The van der Waals surface area contributed by atoms with E-state index in [0.29, 0.717) is 25.2 Å². The Kier molecular flexibility index (Phi) is 31.2. The van der Waals surface area contributed by atoms with E-state index in [-0.39, 0.29) is 28.6 Å². The predicted octanol–water partition coefficient (Wildman–Crippen LogP) is 23.0. The van der Waals surface area contributed by atoms with Crippen molar-refractivity contribution in [3.8, 4) is 11.5 Å². The highest BCUT2D eigenvalue weighted by Crippen LogP contribution is 2.55. The molecule has 0 aliphatic heterocycles. The zero-order valence-electron chi connectivity index (χ0n) is 53.2. The van der Waals surface area contributed by atoms with Gasteiger partial charge in [-0.25, -0.2) is 0 Å². The molecule has 0 heterocycles. The molecule has 0 radical (unpaired) electrons. The minimum Gasteiger partial charge on any atom is -0.493 e. The molecule has 2 aliphatic carbocycles. The van der Waals surface area contributed by atoms with Crippen molar-refractivity contribution in [3.63, 3.8) is 0 Å². The highest BCUT2D eigenvalue weighted by atomic mass is 16.5. The summed E-state index contributed by atoms with van der Waals surface area (Å²) in [7, 11) is 0. The highest BCUT2D eigenvalue weighted by Gasteiger charge is 2.43. The molecular formula is C75H122O4. The number of unbranched alkanes of at least 4 members (excludes halogenated alkanes) is 25. The molecule has 4 nitrogen and oxygen atoms in total. The van der Waals surface area contributed by atoms with E-state index < -0.39 is 0 Å². The van der Waals surface area contributed by atoms with Gasteiger partial charge in [-0.3, -0.25) is 4.79 Å². The first-order valence-electron chi connectivity index (χ1n) is 34.1. The quantitative estimate of drug-likeness (QED) is 0.0420. The van der Waals surface area contributed by atoms with Gasteiger partial charge in [0.2, 0.25) is 0 Å². The van der Waals surface area contributed by atoms with E-state index >= 15 is 0 Å². The minimum absolute atomic E-state index is 0.0889. The van der Waals surface area contributed by atoms with Crippen LogP contribution in [0.2, 0.25) is 0 Å². The third kappa shape index (κ3) is 24.2. The molecule has 4 heteroatoms. The molecule has 0 saturated heterocycles. The van der Waals surface area contributed by atoms with Gasteiger partial charge in [0, 0.05) is 11.0 Å². The van der Waals surface area contributed by atoms with Crippen molar-refractivity contribution < 1.29 is 19.0 Å². The number of carbonyl (C=O) groups excluding carboxylic acids is 1. The molecule has 0 unspecified atom stereocenters. The van der Waals surface area contributed by atoms with Crippen molar-refractivity contribution in [1.29, 1.82) is 0 Å². The predicted molar refractivity (Wildman–Crippen MR) is 341 cm³/mol. The molecule has 0 amide bonds. The van der Waals surface area contributed by atoms with E-state index in [1.165, 1.54) is 259 Å². The zero-order chi connectivity index (χ0) is 56.6. The Morgan fingerprint density at radius 3 is 1.42 bits per heavy atom. The van der Waals surface area contributed by atoms with Crippen LogP contribution in [0.3, 0.4) is 0 Å². The Morgan fingerprint density at radius 1 is 0.468 bits per heavy atom. The molecule has 5 rings (SSSR count). The van der Waals surface area contributed by atoms with Gasteiger partial charge in [-0.05, 0) is 133 Å². The van der Waals surface area contributed by atoms with Crippen LogP contribution in [0.4, 0.5) is 0 Å². The van der Waals surface area contributed by atoms with Gasteiger partial charge in [-0.2, -0.15) is 0 Å². The average Bonchev–Trinajstić information content (AvgIpc) is 3.55. The zero-order valence-corrected chi connectivity index (χ0v) is 53.2. The number of carbonyl (C=O) groups is 1. The summed E-state index contributed by atoms with van der Waals surface area (Å²) in [4.78, 5) is 12.8. The lowest BCUT2D eigenvalue weighted by molar-refractivity contribution is -0.144. The number of esters is 1. The number of hydrogen-bond acceptors (Lipinski definition) is 4. The van der Waals surface area contributed by atoms with E-state index in [1.807, 2.05) is 0 Å². The summed E-state index contributed by atoms with van der Waals surface area (Å²) in [5.74, 6) is 2.48. The molecule has 0 atom stereocenters. The Bertz CT molecular complexity index is 2050. The SMILES string of the molecule is CCCCCCCCCCCCCCCCCCOC(=O)CCOc1ccc(C(C)(C)c2c(C(C)(C)C)c(CCCCCCCCCCCCCc3ccccc3)c(OC3CCCCC3)c(C3CCCCC3)c2C(C)(C)C)cc1. The summed E-state index contributed by atoms with van der Waals surface area (Å²) < 4.78 is 19.6. The van der Waals surface area contributed by atoms with Crippen LogP contribution in [0.15, 0.2) is 54.6 Å². The molecule has 3 aromatic rings. The molecule has 3 aromatic carbocycles. The Labute approximate surface area is 488 Å². The van der Waals surface area contributed by atoms with E-state index in [4.69, 9.17) is 14.2 Å². The van der Waals surface area contributed by atoms with Crippen LogP contribution in [0.5, 0.6) is 11.5 Å². The van der Waals surface area contributed by atoms with Crippen molar-refractivity contribution in [2.24, 2.45) is 0 Å². The van der Waals surface area contributed by atoms with Crippen LogP contribution in [0, 0.1) is 0 Å². The third-order valence-corrected chi connectivity index (χ3v) is 18.2. The Balaban J connectivity index is 1.20. The first kappa shape index (κ1) is 66.5. The van der Waals surface area contributed by atoms with Gasteiger partial charge in [-0.15, -0.1) is 0 Å². The first-order chi connectivity index (χ1) is 38.2. The molecule has 2 aliphatic rings. The summed E-state index contributed by atoms with van der Waals surface area (Å²) in [6.45, 7) is 23.0. The second kappa shape index (κ2) is 37.0. The summed E-state index contributed by atoms with van der Waals surface area (Å²) in [6.07, 6.45) is 51.7. The smallest absolute Gasteiger partial charge is 0.309 e. The standard InChI is InChI=1S/C75H122O4/c1-10-11-12-13-14-15-16-17-18-19-20-24-27-30-33-45-59-78-67(76)58-60-77-64-56-54-63(55-57-64)75(8,9)71-69(73(2,3)4)66(53-44-32-29-26-23-21-22-25-28-31-37-46-61-47-38-34-39-48-61)72(79-65-51-42-36-43-52-65)68(70(71)74(5,6)7)62-49-40-35-41-50-62/h34,38-39,47-48,54-57,62,65H,10-33,35-37,40-46,49-53,58-60H2,1-9H3. The molecule has 2 fully saturated rings. The molecule has 79 heavy (non-hydrogen) atoms.